The van der Waals surface area contributed by atoms with E-state index in [9.17, 15) is 13.2 Å². The molecule has 0 bridgehead atoms. The second-order valence-electron chi connectivity index (χ2n) is 6.23. The predicted octanol–water partition coefficient (Wildman–Crippen LogP) is 2.94. The van der Waals surface area contributed by atoms with Crippen LogP contribution in [-0.4, -0.2) is 24.2 Å². The predicted molar refractivity (Wildman–Crippen MR) is 95.1 cm³/mol. The summed E-state index contributed by atoms with van der Waals surface area (Å²) in [5.74, 6) is 0.523. The van der Waals surface area contributed by atoms with Gasteiger partial charge in [0, 0.05) is 18.2 Å². The van der Waals surface area contributed by atoms with Crippen LogP contribution in [0.15, 0.2) is 45.4 Å². The van der Waals surface area contributed by atoms with Crippen molar-refractivity contribution in [3.05, 3.63) is 46.2 Å². The monoisotopic (exact) mass is 360 g/mol. The highest BCUT2D eigenvalue weighted by molar-refractivity contribution is 7.90. The summed E-state index contributed by atoms with van der Waals surface area (Å²) >= 11 is 1.48. The lowest BCUT2D eigenvalue weighted by Crippen LogP contribution is -2.25. The molecule has 3 aromatic rings. The number of hydrogen-bond donors (Lipinski definition) is 0. The summed E-state index contributed by atoms with van der Waals surface area (Å²) in [7, 11) is -3.33. The molecule has 1 aliphatic carbocycles. The first-order chi connectivity index (χ1) is 11.4. The molecule has 5 nitrogen and oxygen atoms in total. The van der Waals surface area contributed by atoms with Gasteiger partial charge in [-0.3, -0.25) is 4.57 Å². The van der Waals surface area contributed by atoms with Crippen LogP contribution in [0.4, 0.5) is 0 Å². The van der Waals surface area contributed by atoms with E-state index < -0.39 is 9.84 Å². The maximum absolute atomic E-state index is 12.5. The Balaban J connectivity index is 2.05. The molecule has 0 N–H and O–H groups in total. The molecule has 2 aromatic heterocycles. The van der Waals surface area contributed by atoms with Gasteiger partial charge < -0.3 is 0 Å². The maximum Gasteiger partial charge on any atom is 0.348 e. The van der Waals surface area contributed by atoms with Crippen molar-refractivity contribution in [2.24, 2.45) is 5.92 Å². The average Bonchev–Trinajstić information content (AvgIpc) is 3.19. The molecule has 1 fully saturated rings. The molecule has 1 aliphatic rings. The number of hydrogen-bond acceptors (Lipinski definition) is 5. The van der Waals surface area contributed by atoms with E-state index in [1.165, 1.54) is 17.6 Å². The van der Waals surface area contributed by atoms with Crippen molar-refractivity contribution >= 4 is 32.1 Å². The van der Waals surface area contributed by atoms with Crippen molar-refractivity contribution in [2.45, 2.75) is 24.3 Å². The fourth-order valence-electron chi connectivity index (χ4n) is 2.83. The Bertz CT molecular complexity index is 1080. The number of fused-ring (bicyclic) bond motifs is 1. The minimum absolute atomic E-state index is 0.242. The van der Waals surface area contributed by atoms with Gasteiger partial charge in [0.15, 0.2) is 9.84 Å². The largest absolute Gasteiger partial charge is 0.348 e. The lowest BCUT2D eigenvalue weighted by molar-refractivity contribution is 0.601. The normalized spacial score (nSPS) is 15.0. The van der Waals surface area contributed by atoms with Crippen molar-refractivity contribution < 1.29 is 8.42 Å². The average molecular weight is 360 g/mol. The Morgan fingerprint density at radius 2 is 2.08 bits per heavy atom. The van der Waals surface area contributed by atoms with Crippen LogP contribution in [0.1, 0.15) is 12.8 Å². The van der Waals surface area contributed by atoms with E-state index in [0.29, 0.717) is 23.5 Å². The molecule has 0 atom stereocenters. The molecule has 0 saturated heterocycles. The first-order valence-corrected chi connectivity index (χ1v) is 10.5. The van der Waals surface area contributed by atoms with Crippen LogP contribution < -0.4 is 5.69 Å². The standard InChI is InChI=1S/C17H16N2O3S2/c1-24(21,22)12-6-7-14-13(9-12)16(15-3-2-8-23-15)18-17(20)19(14)10-11-4-5-11/h2-3,6-9,11H,4-5,10H2,1H3. The second-order valence-corrected chi connectivity index (χ2v) is 9.19. The Morgan fingerprint density at radius 1 is 1.29 bits per heavy atom. The molecule has 0 spiro atoms. The van der Waals surface area contributed by atoms with Gasteiger partial charge in [-0.1, -0.05) is 6.07 Å². The summed E-state index contributed by atoms with van der Waals surface area (Å²) < 4.78 is 25.5. The molecule has 4 rings (SSSR count). The van der Waals surface area contributed by atoms with Crippen LogP contribution in [0.5, 0.6) is 0 Å². The molecule has 2 heterocycles. The molecule has 7 heteroatoms. The fourth-order valence-corrected chi connectivity index (χ4v) is 4.20. The van der Waals surface area contributed by atoms with E-state index in [-0.39, 0.29) is 10.6 Å². The van der Waals surface area contributed by atoms with Crippen molar-refractivity contribution in [3.8, 4) is 10.6 Å². The van der Waals surface area contributed by atoms with Crippen LogP contribution in [0.3, 0.4) is 0 Å². The van der Waals surface area contributed by atoms with E-state index in [4.69, 9.17) is 0 Å². The lowest BCUT2D eigenvalue weighted by Gasteiger charge is -2.12. The third-order valence-corrected chi connectivity index (χ3v) is 6.26. The Hall–Kier alpha value is -1.99. The summed E-state index contributed by atoms with van der Waals surface area (Å²) in [4.78, 5) is 17.9. The van der Waals surface area contributed by atoms with Gasteiger partial charge in [-0.2, -0.15) is 4.98 Å². The number of rotatable bonds is 4. The molecule has 0 radical (unpaired) electrons. The molecule has 0 unspecified atom stereocenters. The van der Waals surface area contributed by atoms with Gasteiger partial charge in [0.05, 0.1) is 21.0 Å². The Morgan fingerprint density at radius 3 is 2.71 bits per heavy atom. The van der Waals surface area contributed by atoms with Gasteiger partial charge in [0.2, 0.25) is 0 Å². The van der Waals surface area contributed by atoms with Gasteiger partial charge in [-0.15, -0.1) is 11.3 Å². The van der Waals surface area contributed by atoms with E-state index in [0.717, 1.165) is 23.2 Å². The SMILES string of the molecule is CS(=O)(=O)c1ccc2c(c1)c(-c1cccs1)nc(=O)n2CC1CC1. The zero-order chi connectivity index (χ0) is 16.9. The molecule has 124 valence electrons. The molecule has 0 amide bonds. The van der Waals surface area contributed by atoms with Crippen LogP contribution >= 0.6 is 11.3 Å². The number of thiophene rings is 1. The van der Waals surface area contributed by atoms with Crippen molar-refractivity contribution in [2.75, 3.05) is 6.26 Å². The van der Waals surface area contributed by atoms with Gasteiger partial charge in [-0.05, 0) is 48.4 Å². The van der Waals surface area contributed by atoms with Crippen LogP contribution in [0.25, 0.3) is 21.5 Å². The van der Waals surface area contributed by atoms with Crippen molar-refractivity contribution in [1.82, 2.24) is 9.55 Å². The van der Waals surface area contributed by atoms with E-state index in [2.05, 4.69) is 4.98 Å². The summed E-state index contributed by atoms with van der Waals surface area (Å²) in [6.45, 7) is 0.644. The molecule has 1 saturated carbocycles. The van der Waals surface area contributed by atoms with Gasteiger partial charge in [0.25, 0.3) is 0 Å². The first kappa shape index (κ1) is 15.5. The quantitative estimate of drug-likeness (QED) is 0.717. The smallest absolute Gasteiger partial charge is 0.292 e. The van der Waals surface area contributed by atoms with Crippen LogP contribution in [0.2, 0.25) is 0 Å². The number of sulfone groups is 1. The highest BCUT2D eigenvalue weighted by Crippen LogP contribution is 2.34. The summed E-state index contributed by atoms with van der Waals surface area (Å²) in [5.41, 5.74) is 1.03. The first-order valence-electron chi connectivity index (χ1n) is 7.72. The zero-order valence-corrected chi connectivity index (χ0v) is 14.7. The summed E-state index contributed by atoms with van der Waals surface area (Å²) in [5, 5.41) is 2.62. The maximum atomic E-state index is 12.5. The third-order valence-electron chi connectivity index (χ3n) is 4.27. The number of aromatic nitrogens is 2. The third kappa shape index (κ3) is 2.78. The molecule has 0 aliphatic heterocycles. The van der Waals surface area contributed by atoms with Crippen LogP contribution in [-0.2, 0) is 16.4 Å². The Labute approximate surface area is 143 Å². The van der Waals surface area contributed by atoms with Gasteiger partial charge >= 0.3 is 5.69 Å². The summed E-state index contributed by atoms with van der Waals surface area (Å²) in [6.07, 6.45) is 3.44. The second kappa shape index (κ2) is 5.53. The highest BCUT2D eigenvalue weighted by Gasteiger charge is 2.24. The van der Waals surface area contributed by atoms with E-state index >= 15 is 0 Å². The van der Waals surface area contributed by atoms with E-state index in [1.54, 1.807) is 22.8 Å². The van der Waals surface area contributed by atoms with Crippen LogP contribution in [0, 0.1) is 5.92 Å². The number of nitrogens with zero attached hydrogens (tertiary/aromatic N) is 2. The fraction of sp³-hybridized carbons (Fsp3) is 0.294. The van der Waals surface area contributed by atoms with E-state index in [1.807, 2.05) is 17.5 Å². The number of benzene rings is 1. The lowest BCUT2D eigenvalue weighted by atomic mass is 10.1. The molecular formula is C17H16N2O3S2. The highest BCUT2D eigenvalue weighted by atomic mass is 32.2. The molecule has 24 heavy (non-hydrogen) atoms. The minimum atomic E-state index is -3.33. The van der Waals surface area contributed by atoms with Crippen molar-refractivity contribution in [3.63, 3.8) is 0 Å². The molecular weight excluding hydrogens is 344 g/mol. The summed E-state index contributed by atoms with van der Waals surface area (Å²) in [6, 6.07) is 8.72. The zero-order valence-electron chi connectivity index (χ0n) is 13.1. The molecule has 1 aromatic carbocycles. The van der Waals surface area contributed by atoms with Gasteiger partial charge in [0.1, 0.15) is 0 Å². The topological polar surface area (TPSA) is 69.0 Å². The van der Waals surface area contributed by atoms with Crippen molar-refractivity contribution in [1.29, 1.82) is 0 Å². The minimum Gasteiger partial charge on any atom is -0.292 e. The van der Waals surface area contributed by atoms with Gasteiger partial charge in [-0.25, -0.2) is 13.2 Å². The Kier molecular flexibility index (Phi) is 3.58.